The summed E-state index contributed by atoms with van der Waals surface area (Å²) in [4.78, 5) is 22.3. The van der Waals surface area contributed by atoms with E-state index >= 15 is 0 Å². The Kier molecular flexibility index (Phi) is 5.76. The van der Waals surface area contributed by atoms with Crippen LogP contribution < -0.4 is 14.8 Å². The van der Waals surface area contributed by atoms with Gasteiger partial charge in [0, 0.05) is 11.1 Å². The van der Waals surface area contributed by atoms with Crippen LogP contribution in [-0.4, -0.2) is 24.5 Å². The van der Waals surface area contributed by atoms with Crippen molar-refractivity contribution in [2.75, 3.05) is 19.0 Å². The number of ether oxygens (including phenoxy) is 2. The molecular formula is C16H12ClN3O5. The fraction of sp³-hybridized carbons (Fsp3) is 0.125. The standard InChI is InChI=1S/C16H12ClN3O5/c1-24-14-5-4-12(20(22)23)7-15(14)25-9-16(21)19-13-6-11(17)3-2-10(13)8-18/h2-7H,9H2,1H3,(H,19,21). The number of non-ortho nitro benzene ring substituents is 1. The maximum Gasteiger partial charge on any atom is 0.273 e. The van der Waals surface area contributed by atoms with Crippen LogP contribution in [0.5, 0.6) is 11.5 Å². The summed E-state index contributed by atoms with van der Waals surface area (Å²) in [6, 6.07) is 10.2. The van der Waals surface area contributed by atoms with Crippen molar-refractivity contribution >= 4 is 28.9 Å². The van der Waals surface area contributed by atoms with Crippen molar-refractivity contribution in [2.24, 2.45) is 0 Å². The van der Waals surface area contributed by atoms with Gasteiger partial charge in [-0.3, -0.25) is 14.9 Å². The molecule has 0 saturated heterocycles. The van der Waals surface area contributed by atoms with Gasteiger partial charge >= 0.3 is 0 Å². The Hall–Kier alpha value is -3.31. The Labute approximate surface area is 147 Å². The minimum atomic E-state index is -0.586. The third-order valence-corrected chi connectivity index (χ3v) is 3.33. The number of carbonyl (C=O) groups is 1. The highest BCUT2D eigenvalue weighted by Gasteiger charge is 2.14. The largest absolute Gasteiger partial charge is 0.493 e. The molecule has 0 heterocycles. The van der Waals surface area contributed by atoms with E-state index in [2.05, 4.69) is 5.32 Å². The molecule has 1 amide bonds. The SMILES string of the molecule is COc1ccc([N+](=O)[O-])cc1OCC(=O)Nc1cc(Cl)ccc1C#N. The van der Waals surface area contributed by atoms with Crippen LogP contribution in [-0.2, 0) is 4.79 Å². The molecule has 0 aromatic heterocycles. The summed E-state index contributed by atoms with van der Waals surface area (Å²) in [5.41, 5.74) is 0.290. The molecule has 9 heteroatoms. The number of benzene rings is 2. The van der Waals surface area contributed by atoms with E-state index < -0.39 is 17.4 Å². The summed E-state index contributed by atoms with van der Waals surface area (Å²) < 4.78 is 10.3. The number of nitro benzene ring substituents is 1. The first kappa shape index (κ1) is 18.0. The lowest BCUT2D eigenvalue weighted by atomic mass is 10.2. The molecule has 0 aliphatic rings. The summed E-state index contributed by atoms with van der Waals surface area (Å²) in [6.07, 6.45) is 0. The second kappa shape index (κ2) is 7.99. The summed E-state index contributed by atoms with van der Waals surface area (Å²) in [5, 5.41) is 22.7. The predicted molar refractivity (Wildman–Crippen MR) is 89.9 cm³/mol. The van der Waals surface area contributed by atoms with Gasteiger partial charge in [0.25, 0.3) is 11.6 Å². The van der Waals surface area contributed by atoms with Gasteiger partial charge in [-0.1, -0.05) is 11.6 Å². The van der Waals surface area contributed by atoms with Gasteiger partial charge in [0.15, 0.2) is 18.1 Å². The van der Waals surface area contributed by atoms with Gasteiger partial charge in [0.1, 0.15) is 6.07 Å². The molecule has 2 aromatic carbocycles. The number of carbonyl (C=O) groups excluding carboxylic acids is 1. The monoisotopic (exact) mass is 361 g/mol. The first-order valence-electron chi connectivity index (χ1n) is 6.89. The van der Waals surface area contributed by atoms with Crippen molar-refractivity contribution in [3.05, 3.63) is 57.1 Å². The van der Waals surface area contributed by atoms with Crippen LogP contribution in [0.1, 0.15) is 5.56 Å². The second-order valence-electron chi connectivity index (χ2n) is 4.73. The maximum atomic E-state index is 12.0. The maximum absolute atomic E-state index is 12.0. The zero-order valence-electron chi connectivity index (χ0n) is 13.0. The number of halogens is 1. The van der Waals surface area contributed by atoms with Crippen molar-refractivity contribution in [1.29, 1.82) is 5.26 Å². The Morgan fingerprint density at radius 3 is 2.72 bits per heavy atom. The first-order valence-corrected chi connectivity index (χ1v) is 7.27. The molecule has 0 aliphatic heterocycles. The number of rotatable bonds is 6. The van der Waals surface area contributed by atoms with Gasteiger partial charge in [0.2, 0.25) is 0 Å². The molecule has 0 atom stereocenters. The highest BCUT2D eigenvalue weighted by molar-refractivity contribution is 6.31. The first-order chi connectivity index (χ1) is 11.9. The van der Waals surface area contributed by atoms with Crippen molar-refractivity contribution in [2.45, 2.75) is 0 Å². The Balaban J connectivity index is 2.10. The van der Waals surface area contributed by atoms with E-state index in [1.807, 2.05) is 6.07 Å². The van der Waals surface area contributed by atoms with Gasteiger partial charge in [-0.25, -0.2) is 0 Å². The average molecular weight is 362 g/mol. The van der Waals surface area contributed by atoms with Crippen LogP contribution in [0.4, 0.5) is 11.4 Å². The number of hydrogen-bond donors (Lipinski definition) is 1. The molecular weight excluding hydrogens is 350 g/mol. The molecule has 0 fully saturated rings. The highest BCUT2D eigenvalue weighted by atomic mass is 35.5. The predicted octanol–water partition coefficient (Wildman–Crippen LogP) is 3.15. The van der Waals surface area contributed by atoms with Gasteiger partial charge in [-0.05, 0) is 24.3 Å². The molecule has 128 valence electrons. The Morgan fingerprint density at radius 2 is 2.08 bits per heavy atom. The number of nitriles is 1. The number of anilines is 1. The van der Waals surface area contributed by atoms with E-state index in [1.54, 1.807) is 0 Å². The normalized spacial score (nSPS) is 9.80. The second-order valence-corrected chi connectivity index (χ2v) is 5.17. The minimum absolute atomic E-state index is 0.0541. The quantitative estimate of drug-likeness (QED) is 0.624. The molecule has 0 unspecified atom stereocenters. The third kappa shape index (κ3) is 4.59. The van der Waals surface area contributed by atoms with Crippen LogP contribution >= 0.6 is 11.6 Å². The van der Waals surface area contributed by atoms with Crippen molar-refractivity contribution < 1.29 is 19.2 Å². The lowest BCUT2D eigenvalue weighted by Crippen LogP contribution is -2.21. The topological polar surface area (TPSA) is 114 Å². The molecule has 0 aliphatic carbocycles. The number of hydrogen-bond acceptors (Lipinski definition) is 6. The van der Waals surface area contributed by atoms with E-state index in [0.717, 1.165) is 6.07 Å². The molecule has 2 aromatic rings. The van der Waals surface area contributed by atoms with Crippen molar-refractivity contribution in [1.82, 2.24) is 0 Å². The van der Waals surface area contributed by atoms with Gasteiger partial charge in [-0.2, -0.15) is 5.26 Å². The fourth-order valence-corrected chi connectivity index (χ4v) is 2.11. The summed E-state index contributed by atoms with van der Waals surface area (Å²) in [6.45, 7) is -0.436. The molecule has 1 N–H and O–H groups in total. The molecule has 25 heavy (non-hydrogen) atoms. The summed E-state index contributed by atoms with van der Waals surface area (Å²) >= 11 is 5.84. The molecule has 2 rings (SSSR count). The number of amides is 1. The van der Waals surface area contributed by atoms with Gasteiger partial charge in [-0.15, -0.1) is 0 Å². The molecule has 8 nitrogen and oxygen atoms in total. The van der Waals surface area contributed by atoms with E-state index in [0.29, 0.717) is 5.02 Å². The summed E-state index contributed by atoms with van der Waals surface area (Å²) in [7, 11) is 1.37. The van der Waals surface area contributed by atoms with E-state index in [9.17, 15) is 14.9 Å². The van der Waals surface area contributed by atoms with Crippen molar-refractivity contribution in [3.8, 4) is 17.6 Å². The van der Waals surface area contributed by atoms with E-state index in [1.165, 1.54) is 37.4 Å². The molecule has 0 radical (unpaired) electrons. The fourth-order valence-electron chi connectivity index (χ4n) is 1.94. The molecule has 0 spiro atoms. The summed E-state index contributed by atoms with van der Waals surface area (Å²) in [5.74, 6) is -0.260. The van der Waals surface area contributed by atoms with Gasteiger partial charge in [0.05, 0.1) is 29.4 Å². The van der Waals surface area contributed by atoms with Crippen LogP contribution in [0.2, 0.25) is 5.02 Å². The number of methoxy groups -OCH3 is 1. The Morgan fingerprint density at radius 1 is 1.32 bits per heavy atom. The van der Waals surface area contributed by atoms with E-state index in [4.69, 9.17) is 26.3 Å². The highest BCUT2D eigenvalue weighted by Crippen LogP contribution is 2.31. The Bertz CT molecular complexity index is 863. The van der Waals surface area contributed by atoms with Crippen LogP contribution in [0.15, 0.2) is 36.4 Å². The molecule has 0 saturated carbocycles. The average Bonchev–Trinajstić information content (AvgIpc) is 2.59. The van der Waals surface area contributed by atoms with E-state index in [-0.39, 0.29) is 28.4 Å². The zero-order valence-corrected chi connectivity index (χ0v) is 13.7. The lowest BCUT2D eigenvalue weighted by Gasteiger charge is -2.11. The van der Waals surface area contributed by atoms with Crippen LogP contribution in [0, 0.1) is 21.4 Å². The number of nitrogens with one attached hydrogen (secondary N) is 1. The smallest absolute Gasteiger partial charge is 0.273 e. The zero-order chi connectivity index (χ0) is 18.4. The lowest BCUT2D eigenvalue weighted by molar-refractivity contribution is -0.385. The number of nitro groups is 1. The van der Waals surface area contributed by atoms with Crippen molar-refractivity contribution in [3.63, 3.8) is 0 Å². The molecule has 0 bridgehead atoms. The van der Waals surface area contributed by atoms with Crippen LogP contribution in [0.3, 0.4) is 0 Å². The van der Waals surface area contributed by atoms with Crippen LogP contribution in [0.25, 0.3) is 0 Å². The minimum Gasteiger partial charge on any atom is -0.493 e. The number of nitrogens with zero attached hydrogens (tertiary/aromatic N) is 2. The third-order valence-electron chi connectivity index (χ3n) is 3.09. The van der Waals surface area contributed by atoms with Gasteiger partial charge < -0.3 is 14.8 Å².